The van der Waals surface area contributed by atoms with Crippen LogP contribution in [-0.2, 0) is 65.4 Å². The molecule has 0 heterocycles. The van der Waals surface area contributed by atoms with Crippen LogP contribution in [0.3, 0.4) is 0 Å². The molecule has 0 saturated carbocycles. The van der Waals surface area contributed by atoms with E-state index in [1.54, 1.807) is 0 Å². The highest BCUT2D eigenvalue weighted by Gasteiger charge is 2.30. The molecule has 89 heavy (non-hydrogen) atoms. The van der Waals surface area contributed by atoms with Gasteiger partial charge in [-0.3, -0.25) is 37.3 Å². The van der Waals surface area contributed by atoms with Gasteiger partial charge in [-0.2, -0.15) is 0 Å². The molecule has 0 aliphatic heterocycles. The second-order valence-electron chi connectivity index (χ2n) is 25.7. The first-order chi connectivity index (χ1) is 43.0. The number of ether oxygens (including phenoxy) is 4. The van der Waals surface area contributed by atoms with Crippen LogP contribution in [0.1, 0.15) is 362 Å². The van der Waals surface area contributed by atoms with Crippen molar-refractivity contribution in [2.45, 2.75) is 380 Å². The van der Waals surface area contributed by atoms with Crippen molar-refractivity contribution in [3.8, 4) is 0 Å². The number of hydrogen-bond donors (Lipinski definition) is 3. The third-order valence-electron chi connectivity index (χ3n) is 16.3. The van der Waals surface area contributed by atoms with Gasteiger partial charge in [-0.05, 0) is 31.6 Å². The Labute approximate surface area is 543 Å². The maximum Gasteiger partial charge on any atom is 0.472 e. The van der Waals surface area contributed by atoms with Gasteiger partial charge in [0.2, 0.25) is 0 Å². The second kappa shape index (κ2) is 63.5. The Hall–Kier alpha value is -1.94. The zero-order chi connectivity index (χ0) is 65.6. The van der Waals surface area contributed by atoms with E-state index < -0.39 is 97.5 Å². The van der Waals surface area contributed by atoms with E-state index in [2.05, 4.69) is 34.6 Å². The monoisotopic (exact) mass is 1310 g/mol. The third kappa shape index (κ3) is 64.6. The Bertz CT molecular complexity index is 1720. The van der Waals surface area contributed by atoms with Crippen LogP contribution in [0.4, 0.5) is 0 Å². The van der Waals surface area contributed by atoms with Crippen molar-refractivity contribution >= 4 is 39.5 Å². The van der Waals surface area contributed by atoms with Crippen LogP contribution in [0.15, 0.2) is 0 Å². The highest BCUT2D eigenvalue weighted by Crippen LogP contribution is 2.45. The summed E-state index contributed by atoms with van der Waals surface area (Å²) < 4.78 is 68.2. The lowest BCUT2D eigenvalue weighted by Gasteiger charge is -2.21. The molecule has 0 amide bonds. The molecule has 5 atom stereocenters. The van der Waals surface area contributed by atoms with Gasteiger partial charge in [0.1, 0.15) is 19.3 Å². The second-order valence-corrected chi connectivity index (χ2v) is 28.7. The summed E-state index contributed by atoms with van der Waals surface area (Å²) in [6.45, 7) is 7.18. The number of hydrogen-bond acceptors (Lipinski definition) is 15. The molecule has 0 saturated heterocycles. The van der Waals surface area contributed by atoms with Crippen molar-refractivity contribution < 1.29 is 80.2 Å². The van der Waals surface area contributed by atoms with E-state index in [1.165, 1.54) is 186 Å². The summed E-state index contributed by atoms with van der Waals surface area (Å²) in [5.74, 6) is -1.43. The molecule has 0 spiro atoms. The summed E-state index contributed by atoms with van der Waals surface area (Å²) in [5, 5.41) is 10.6. The summed E-state index contributed by atoms with van der Waals surface area (Å²) in [6, 6.07) is 0. The smallest absolute Gasteiger partial charge is 0.462 e. The predicted molar refractivity (Wildman–Crippen MR) is 358 cm³/mol. The van der Waals surface area contributed by atoms with Crippen molar-refractivity contribution in [2.75, 3.05) is 39.6 Å². The fourth-order valence-corrected chi connectivity index (χ4v) is 12.2. The van der Waals surface area contributed by atoms with Gasteiger partial charge < -0.3 is 33.8 Å². The van der Waals surface area contributed by atoms with Gasteiger partial charge in [0, 0.05) is 25.7 Å². The van der Waals surface area contributed by atoms with Gasteiger partial charge in [-0.25, -0.2) is 9.13 Å². The van der Waals surface area contributed by atoms with Gasteiger partial charge in [-0.1, -0.05) is 311 Å². The lowest BCUT2D eigenvalue weighted by atomic mass is 10.0. The summed E-state index contributed by atoms with van der Waals surface area (Å²) >= 11 is 0. The summed E-state index contributed by atoms with van der Waals surface area (Å²) in [7, 11) is -9.90. The number of aliphatic hydroxyl groups is 1. The van der Waals surface area contributed by atoms with Crippen molar-refractivity contribution in [2.24, 2.45) is 5.92 Å². The third-order valence-corrected chi connectivity index (χ3v) is 18.2. The van der Waals surface area contributed by atoms with E-state index >= 15 is 0 Å². The number of carbonyl (C=O) groups is 4. The van der Waals surface area contributed by atoms with E-state index in [9.17, 15) is 43.2 Å². The average Bonchev–Trinajstić information content (AvgIpc) is 3.57. The Morgan fingerprint density at radius 2 is 0.517 bits per heavy atom. The number of carbonyl (C=O) groups excluding carboxylic acids is 4. The van der Waals surface area contributed by atoms with Gasteiger partial charge in [0.15, 0.2) is 12.2 Å². The van der Waals surface area contributed by atoms with E-state index in [1.807, 2.05) is 0 Å². The molecule has 0 aromatic heterocycles. The van der Waals surface area contributed by atoms with Crippen molar-refractivity contribution in [1.82, 2.24) is 0 Å². The Kier molecular flexibility index (Phi) is 62.1. The molecule has 0 rings (SSSR count). The van der Waals surface area contributed by atoms with Gasteiger partial charge in [-0.15, -0.1) is 0 Å². The van der Waals surface area contributed by atoms with Gasteiger partial charge in [0.25, 0.3) is 0 Å². The van der Waals surface area contributed by atoms with Gasteiger partial charge in [0.05, 0.1) is 26.4 Å². The number of unbranched alkanes of at least 4 members (excludes halogenated alkanes) is 42. The molecule has 528 valence electrons. The molecule has 0 aromatic rings. The Balaban J connectivity index is 5.22. The fraction of sp³-hybridized carbons (Fsp3) is 0.943. The quantitative estimate of drug-likeness (QED) is 0.0222. The van der Waals surface area contributed by atoms with E-state index in [0.717, 1.165) is 89.9 Å². The molecular formula is C70H136O17P2. The minimum absolute atomic E-state index is 0.104. The lowest BCUT2D eigenvalue weighted by molar-refractivity contribution is -0.161. The molecule has 19 heteroatoms. The molecule has 0 aromatic carbocycles. The maximum absolute atomic E-state index is 13.0. The van der Waals surface area contributed by atoms with Crippen molar-refractivity contribution in [3.05, 3.63) is 0 Å². The summed E-state index contributed by atoms with van der Waals surface area (Å²) in [4.78, 5) is 72.5. The van der Waals surface area contributed by atoms with Crippen LogP contribution >= 0.6 is 15.6 Å². The number of aliphatic hydroxyl groups excluding tert-OH is 1. The van der Waals surface area contributed by atoms with Crippen molar-refractivity contribution in [3.63, 3.8) is 0 Å². The number of phosphoric acid groups is 2. The minimum Gasteiger partial charge on any atom is -0.462 e. The van der Waals surface area contributed by atoms with Crippen LogP contribution in [0, 0.1) is 5.92 Å². The number of phosphoric ester groups is 2. The lowest BCUT2D eigenvalue weighted by Crippen LogP contribution is -2.30. The topological polar surface area (TPSA) is 237 Å². The molecular weight excluding hydrogens is 1170 g/mol. The van der Waals surface area contributed by atoms with E-state index in [4.69, 9.17) is 37.0 Å². The Morgan fingerprint density at radius 1 is 0.303 bits per heavy atom. The summed E-state index contributed by atoms with van der Waals surface area (Å²) in [5.41, 5.74) is 0. The highest BCUT2D eigenvalue weighted by atomic mass is 31.2. The van der Waals surface area contributed by atoms with Crippen LogP contribution in [0.25, 0.3) is 0 Å². The largest absolute Gasteiger partial charge is 0.472 e. The first-order valence-corrected chi connectivity index (χ1v) is 39.6. The zero-order valence-electron chi connectivity index (χ0n) is 57.6. The molecule has 3 N–H and O–H groups in total. The SMILES string of the molecule is CCCCCCCCCCCCCCCCCCCC(=O)O[C@H](COC(=O)CCCCCCCCCCCCCC)COP(=O)(O)OC[C@@H](O)COP(=O)(O)OC[C@@H](COC(=O)CCCCCCCCCCCC)OC(=O)CCCCCCCCCC(C)C. The van der Waals surface area contributed by atoms with Crippen LogP contribution < -0.4 is 0 Å². The number of rotatable bonds is 70. The van der Waals surface area contributed by atoms with Gasteiger partial charge >= 0.3 is 39.5 Å². The van der Waals surface area contributed by atoms with Crippen LogP contribution in [-0.4, -0.2) is 96.7 Å². The highest BCUT2D eigenvalue weighted by molar-refractivity contribution is 7.47. The summed E-state index contributed by atoms with van der Waals surface area (Å²) in [6.07, 6.45) is 50.0. The molecule has 0 fully saturated rings. The van der Waals surface area contributed by atoms with E-state index in [0.29, 0.717) is 31.6 Å². The van der Waals surface area contributed by atoms with Crippen LogP contribution in [0.2, 0.25) is 0 Å². The first kappa shape index (κ1) is 87.1. The van der Waals surface area contributed by atoms with Crippen molar-refractivity contribution in [1.29, 1.82) is 0 Å². The normalized spacial score (nSPS) is 14.1. The van der Waals surface area contributed by atoms with Crippen LogP contribution in [0.5, 0.6) is 0 Å². The first-order valence-electron chi connectivity index (χ1n) is 36.6. The molecule has 0 bridgehead atoms. The minimum atomic E-state index is -4.95. The fourth-order valence-electron chi connectivity index (χ4n) is 10.6. The zero-order valence-corrected chi connectivity index (χ0v) is 59.4. The molecule has 0 aliphatic rings. The average molecular weight is 1310 g/mol. The van der Waals surface area contributed by atoms with E-state index in [-0.39, 0.29) is 25.7 Å². The molecule has 0 radical (unpaired) electrons. The predicted octanol–water partition coefficient (Wildman–Crippen LogP) is 20.1. The standard InChI is InChI=1S/C70H136O17P2/c1-6-9-12-15-18-21-24-26-27-28-29-30-32-35-40-45-50-55-69(74)86-65(59-81-68(73)54-49-44-39-34-31-25-22-19-16-13-10-7-2)61-84-88(76,77)82-57-64(71)58-83-89(78,79)85-62-66(87-70(75)56-51-46-41-36-37-42-47-52-63(4)5)60-80-67(72)53-48-43-38-33-23-20-17-14-11-8-3/h63-66,71H,6-62H2,1-5H3,(H,76,77)(H,78,79)/t64-,65-,66-/m1/s1. The molecule has 2 unspecified atom stereocenters. The molecule has 17 nitrogen and oxygen atoms in total. The molecule has 0 aliphatic carbocycles. The maximum atomic E-state index is 13.0. The number of esters is 4. The Morgan fingerprint density at radius 3 is 0.764 bits per heavy atom.